The van der Waals surface area contributed by atoms with Crippen molar-refractivity contribution in [1.29, 1.82) is 0 Å². The lowest BCUT2D eigenvalue weighted by Crippen LogP contribution is -2.45. The molecule has 3 atom stereocenters. The zero-order valence-electron chi connectivity index (χ0n) is 29.5. The van der Waals surface area contributed by atoms with Crippen molar-refractivity contribution in [3.63, 3.8) is 0 Å². The molecule has 0 spiro atoms. The Bertz CT molecular complexity index is 745. The predicted molar refractivity (Wildman–Crippen MR) is 194 cm³/mol. The number of aliphatic hydroxyl groups is 3. The van der Waals surface area contributed by atoms with Crippen LogP contribution in [0.4, 0.5) is 0 Å². The molecular formula is C40H73NO4. The average Bonchev–Trinajstić information content (AvgIpc) is 3.03. The Morgan fingerprint density at radius 3 is 1.60 bits per heavy atom. The van der Waals surface area contributed by atoms with Crippen LogP contribution in [0.5, 0.6) is 0 Å². The van der Waals surface area contributed by atoms with Gasteiger partial charge in [-0.1, -0.05) is 159 Å². The summed E-state index contributed by atoms with van der Waals surface area (Å²) in [6.07, 6.45) is 43.7. The summed E-state index contributed by atoms with van der Waals surface area (Å²) in [6, 6.07) is -0.762. The van der Waals surface area contributed by atoms with E-state index < -0.39 is 18.2 Å². The molecule has 0 fully saturated rings. The predicted octanol–water partition coefficient (Wildman–Crippen LogP) is 10.2. The van der Waals surface area contributed by atoms with Crippen LogP contribution in [-0.2, 0) is 4.79 Å². The van der Waals surface area contributed by atoms with Crippen LogP contribution in [-0.4, -0.2) is 46.1 Å². The first kappa shape index (κ1) is 43.3. The molecule has 0 aromatic rings. The highest BCUT2D eigenvalue weighted by Gasteiger charge is 2.20. The van der Waals surface area contributed by atoms with E-state index in [1.807, 2.05) is 6.08 Å². The number of aliphatic hydroxyl groups excluding tert-OH is 3. The minimum atomic E-state index is -0.952. The molecule has 0 saturated carbocycles. The van der Waals surface area contributed by atoms with Gasteiger partial charge in [-0.3, -0.25) is 4.79 Å². The zero-order chi connectivity index (χ0) is 33.1. The van der Waals surface area contributed by atoms with Crippen molar-refractivity contribution in [1.82, 2.24) is 5.32 Å². The Morgan fingerprint density at radius 1 is 0.578 bits per heavy atom. The molecule has 0 bridgehead atoms. The number of carbonyl (C=O) groups is 1. The van der Waals surface area contributed by atoms with Gasteiger partial charge < -0.3 is 20.6 Å². The van der Waals surface area contributed by atoms with Crippen molar-refractivity contribution in [2.24, 2.45) is 0 Å². The third-order valence-corrected chi connectivity index (χ3v) is 8.37. The Hall–Kier alpha value is -1.69. The molecule has 4 N–H and O–H groups in total. The number of allylic oxidation sites excluding steroid dienone is 7. The minimum Gasteiger partial charge on any atom is -0.394 e. The van der Waals surface area contributed by atoms with E-state index in [0.29, 0.717) is 6.42 Å². The van der Waals surface area contributed by atoms with Crippen molar-refractivity contribution in [3.8, 4) is 0 Å². The first-order valence-electron chi connectivity index (χ1n) is 18.9. The van der Waals surface area contributed by atoms with Crippen LogP contribution in [0.2, 0.25) is 0 Å². The molecule has 0 saturated heterocycles. The molecule has 0 aromatic carbocycles. The van der Waals surface area contributed by atoms with Crippen molar-refractivity contribution in [2.45, 2.75) is 193 Å². The van der Waals surface area contributed by atoms with Gasteiger partial charge in [0.1, 0.15) is 0 Å². The lowest BCUT2D eigenvalue weighted by atomic mass is 10.0. The number of rotatable bonds is 33. The Labute approximate surface area is 278 Å². The standard InChI is InChI=1S/C40H73NO4/c1-3-5-7-9-11-13-15-17-18-19-20-22-23-25-27-29-31-33-37(43)35-40(45)41-38(36-42)39(44)34-32-30-28-26-24-21-16-14-12-10-8-6-4-2/h11,13,15,17,24,26,32,34,37-39,42-44H,3-10,12,14,16,18-23,25,27-31,33,35-36H2,1-2H3,(H,41,45)/b13-11-,17-15-,26-24+,34-32+. The molecule has 45 heavy (non-hydrogen) atoms. The maximum Gasteiger partial charge on any atom is 0.222 e. The Balaban J connectivity index is 3.78. The second-order valence-electron chi connectivity index (χ2n) is 12.8. The van der Waals surface area contributed by atoms with Gasteiger partial charge in [-0.05, 0) is 57.8 Å². The monoisotopic (exact) mass is 632 g/mol. The number of unbranched alkanes of at least 4 members (excludes halogenated alkanes) is 19. The summed E-state index contributed by atoms with van der Waals surface area (Å²) >= 11 is 0. The lowest BCUT2D eigenvalue weighted by Gasteiger charge is -2.21. The smallest absolute Gasteiger partial charge is 0.222 e. The van der Waals surface area contributed by atoms with Gasteiger partial charge in [0, 0.05) is 0 Å². The Kier molecular flexibility index (Phi) is 33.8. The summed E-state index contributed by atoms with van der Waals surface area (Å²) in [6.45, 7) is 4.14. The topological polar surface area (TPSA) is 89.8 Å². The van der Waals surface area contributed by atoms with Crippen LogP contribution in [0, 0.1) is 0 Å². The fourth-order valence-corrected chi connectivity index (χ4v) is 5.40. The normalized spacial score (nSPS) is 14.3. The van der Waals surface area contributed by atoms with Crippen molar-refractivity contribution >= 4 is 5.91 Å². The Morgan fingerprint density at radius 2 is 1.02 bits per heavy atom. The molecule has 5 heteroatoms. The maximum absolute atomic E-state index is 12.4. The first-order valence-corrected chi connectivity index (χ1v) is 18.9. The van der Waals surface area contributed by atoms with Crippen molar-refractivity contribution in [3.05, 3.63) is 48.6 Å². The van der Waals surface area contributed by atoms with Gasteiger partial charge in [-0.25, -0.2) is 0 Å². The number of amides is 1. The summed E-state index contributed by atoms with van der Waals surface area (Å²) in [5.74, 6) is -0.333. The fourth-order valence-electron chi connectivity index (χ4n) is 5.40. The third kappa shape index (κ3) is 32.1. The molecular weight excluding hydrogens is 558 g/mol. The molecule has 262 valence electrons. The van der Waals surface area contributed by atoms with Crippen LogP contribution in [0.25, 0.3) is 0 Å². The van der Waals surface area contributed by atoms with E-state index in [9.17, 15) is 20.1 Å². The highest BCUT2D eigenvalue weighted by molar-refractivity contribution is 5.76. The zero-order valence-corrected chi connectivity index (χ0v) is 29.5. The number of hydrogen-bond donors (Lipinski definition) is 4. The van der Waals surface area contributed by atoms with Crippen LogP contribution in [0.15, 0.2) is 48.6 Å². The molecule has 0 rings (SSSR count). The van der Waals surface area contributed by atoms with E-state index in [1.54, 1.807) is 6.08 Å². The van der Waals surface area contributed by atoms with Crippen LogP contribution < -0.4 is 5.32 Å². The molecule has 0 radical (unpaired) electrons. The van der Waals surface area contributed by atoms with Crippen LogP contribution in [0.1, 0.15) is 174 Å². The summed E-state index contributed by atoms with van der Waals surface area (Å²) in [7, 11) is 0. The van der Waals surface area contributed by atoms with Gasteiger partial charge in [0.15, 0.2) is 0 Å². The lowest BCUT2D eigenvalue weighted by molar-refractivity contribution is -0.124. The maximum atomic E-state index is 12.4. The molecule has 0 aliphatic rings. The van der Waals surface area contributed by atoms with Crippen LogP contribution in [0.3, 0.4) is 0 Å². The summed E-state index contributed by atoms with van der Waals surface area (Å²) in [5.41, 5.74) is 0. The second kappa shape index (κ2) is 35.2. The van der Waals surface area contributed by atoms with E-state index in [1.165, 1.54) is 109 Å². The van der Waals surface area contributed by atoms with Gasteiger partial charge in [-0.15, -0.1) is 0 Å². The number of nitrogens with one attached hydrogen (secondary N) is 1. The van der Waals surface area contributed by atoms with Gasteiger partial charge in [0.2, 0.25) is 5.91 Å². The van der Waals surface area contributed by atoms with Gasteiger partial charge in [0.25, 0.3) is 0 Å². The van der Waals surface area contributed by atoms with E-state index in [-0.39, 0.29) is 18.9 Å². The quantitative estimate of drug-likeness (QED) is 0.0330. The highest BCUT2D eigenvalue weighted by atomic mass is 16.3. The molecule has 0 aromatic heterocycles. The molecule has 0 aliphatic heterocycles. The van der Waals surface area contributed by atoms with E-state index in [4.69, 9.17) is 0 Å². The molecule has 5 nitrogen and oxygen atoms in total. The third-order valence-electron chi connectivity index (χ3n) is 8.37. The summed E-state index contributed by atoms with van der Waals surface area (Å²) < 4.78 is 0. The average molecular weight is 632 g/mol. The number of carbonyl (C=O) groups excluding carboxylic acids is 1. The van der Waals surface area contributed by atoms with Gasteiger partial charge in [-0.2, -0.15) is 0 Å². The molecule has 3 unspecified atom stereocenters. The van der Waals surface area contributed by atoms with Crippen molar-refractivity contribution < 1.29 is 20.1 Å². The van der Waals surface area contributed by atoms with Crippen molar-refractivity contribution in [2.75, 3.05) is 6.61 Å². The van der Waals surface area contributed by atoms with E-state index in [0.717, 1.165) is 38.5 Å². The summed E-state index contributed by atoms with van der Waals surface area (Å²) in [5, 5.41) is 33.0. The van der Waals surface area contributed by atoms with E-state index in [2.05, 4.69) is 55.6 Å². The molecule has 1 amide bonds. The molecule has 0 aliphatic carbocycles. The van der Waals surface area contributed by atoms with Gasteiger partial charge in [0.05, 0.1) is 31.3 Å². The summed E-state index contributed by atoms with van der Waals surface area (Å²) in [4.78, 5) is 12.4. The fraction of sp³-hybridized carbons (Fsp3) is 0.775. The first-order chi connectivity index (χ1) is 22.0. The minimum absolute atomic E-state index is 0.000433. The SMILES string of the molecule is CCCCC/C=C\C=C/CCCCCCCCCCC(O)CC(=O)NC(CO)C(O)/C=C/CC/C=C/CCCCCCCCC. The van der Waals surface area contributed by atoms with E-state index >= 15 is 0 Å². The number of hydrogen-bond acceptors (Lipinski definition) is 4. The molecule has 0 heterocycles. The largest absolute Gasteiger partial charge is 0.394 e. The van der Waals surface area contributed by atoms with Gasteiger partial charge >= 0.3 is 0 Å². The highest BCUT2D eigenvalue weighted by Crippen LogP contribution is 2.13. The van der Waals surface area contributed by atoms with Crippen LogP contribution >= 0.6 is 0 Å². The second-order valence-corrected chi connectivity index (χ2v) is 12.8.